The molecule has 2 rings (SSSR count). The Kier molecular flexibility index (Phi) is 2.94. The first-order valence-electron chi connectivity index (χ1n) is 5.48. The molecule has 0 radical (unpaired) electrons. The standard InChI is InChI=1S/C10H17F3N2/c1-15-8-2-3-9(15)5-7(4-8)14-6-10(11,12)13/h7-9,14H,2-6H2,1H3. The second-order valence-electron chi connectivity index (χ2n) is 4.71. The summed E-state index contributed by atoms with van der Waals surface area (Å²) in [4.78, 5) is 2.33. The molecular weight excluding hydrogens is 205 g/mol. The zero-order chi connectivity index (χ0) is 11.1. The molecule has 2 unspecified atom stereocenters. The Morgan fingerprint density at radius 3 is 2.20 bits per heavy atom. The lowest BCUT2D eigenvalue weighted by Gasteiger charge is -2.36. The minimum atomic E-state index is -4.08. The van der Waals surface area contributed by atoms with Crippen molar-refractivity contribution >= 4 is 0 Å². The molecule has 2 fully saturated rings. The number of halogens is 3. The fraction of sp³-hybridized carbons (Fsp3) is 1.00. The van der Waals surface area contributed by atoms with Crippen LogP contribution in [0.1, 0.15) is 25.7 Å². The van der Waals surface area contributed by atoms with Crippen molar-refractivity contribution in [3.63, 3.8) is 0 Å². The summed E-state index contributed by atoms with van der Waals surface area (Å²) in [5, 5.41) is 2.63. The summed E-state index contributed by atoms with van der Waals surface area (Å²) in [6, 6.07) is 1.05. The van der Waals surface area contributed by atoms with Gasteiger partial charge in [-0.05, 0) is 32.7 Å². The number of hydrogen-bond donors (Lipinski definition) is 1. The van der Waals surface area contributed by atoms with Crippen LogP contribution in [0.25, 0.3) is 0 Å². The zero-order valence-electron chi connectivity index (χ0n) is 8.85. The Morgan fingerprint density at radius 1 is 1.20 bits per heavy atom. The van der Waals surface area contributed by atoms with Gasteiger partial charge in [0.1, 0.15) is 0 Å². The molecule has 0 aromatic carbocycles. The summed E-state index contributed by atoms with van der Waals surface area (Å²) in [6.07, 6.45) is -0.0642. The maximum Gasteiger partial charge on any atom is 0.401 e. The Morgan fingerprint density at radius 2 is 1.73 bits per heavy atom. The number of fused-ring (bicyclic) bond motifs is 2. The molecule has 0 spiro atoms. The zero-order valence-corrected chi connectivity index (χ0v) is 8.85. The van der Waals surface area contributed by atoms with E-state index in [0.29, 0.717) is 12.1 Å². The van der Waals surface area contributed by atoms with Crippen LogP contribution in [0.15, 0.2) is 0 Å². The summed E-state index contributed by atoms with van der Waals surface area (Å²) in [7, 11) is 2.09. The normalized spacial score (nSPS) is 37.2. The van der Waals surface area contributed by atoms with Crippen molar-refractivity contribution in [3.05, 3.63) is 0 Å². The van der Waals surface area contributed by atoms with Crippen molar-refractivity contribution in [3.8, 4) is 0 Å². The van der Waals surface area contributed by atoms with Gasteiger partial charge in [-0.3, -0.25) is 0 Å². The van der Waals surface area contributed by atoms with Crippen molar-refractivity contribution < 1.29 is 13.2 Å². The van der Waals surface area contributed by atoms with Crippen molar-refractivity contribution in [2.45, 2.75) is 50.0 Å². The van der Waals surface area contributed by atoms with E-state index in [-0.39, 0.29) is 6.04 Å². The van der Waals surface area contributed by atoms with Crippen molar-refractivity contribution in [2.75, 3.05) is 13.6 Å². The number of nitrogens with zero attached hydrogens (tertiary/aromatic N) is 1. The molecule has 0 aromatic heterocycles. The lowest BCUT2D eigenvalue weighted by atomic mass is 9.98. The van der Waals surface area contributed by atoms with Crippen LogP contribution in [0.5, 0.6) is 0 Å². The lowest BCUT2D eigenvalue weighted by Crippen LogP contribution is -2.49. The molecule has 2 atom stereocenters. The molecule has 2 heterocycles. The summed E-state index contributed by atoms with van der Waals surface area (Å²) in [6.45, 7) is -0.846. The van der Waals surface area contributed by atoms with Gasteiger partial charge in [-0.15, -0.1) is 0 Å². The third kappa shape index (κ3) is 2.64. The highest BCUT2D eigenvalue weighted by atomic mass is 19.4. The number of rotatable bonds is 2. The van der Waals surface area contributed by atoms with Gasteiger partial charge in [-0.2, -0.15) is 13.2 Å². The second kappa shape index (κ2) is 3.94. The minimum absolute atomic E-state index is 0.0559. The SMILES string of the molecule is CN1C2CCC1CC(NCC(F)(F)F)C2. The van der Waals surface area contributed by atoms with E-state index >= 15 is 0 Å². The van der Waals surface area contributed by atoms with Gasteiger partial charge in [0.15, 0.2) is 0 Å². The highest BCUT2D eigenvalue weighted by Crippen LogP contribution is 2.34. The van der Waals surface area contributed by atoms with E-state index in [2.05, 4.69) is 17.3 Å². The Bertz CT molecular complexity index is 215. The van der Waals surface area contributed by atoms with Gasteiger partial charge < -0.3 is 10.2 Å². The van der Waals surface area contributed by atoms with Crippen LogP contribution in [0.2, 0.25) is 0 Å². The van der Waals surface area contributed by atoms with E-state index in [4.69, 9.17) is 0 Å². The molecule has 88 valence electrons. The fourth-order valence-electron chi connectivity index (χ4n) is 2.84. The average molecular weight is 222 g/mol. The number of piperidine rings is 1. The van der Waals surface area contributed by atoms with Crippen LogP contribution in [0.3, 0.4) is 0 Å². The Labute approximate surface area is 87.8 Å². The fourth-order valence-corrected chi connectivity index (χ4v) is 2.84. The van der Waals surface area contributed by atoms with Crippen LogP contribution in [-0.4, -0.2) is 42.8 Å². The molecule has 2 saturated heterocycles. The van der Waals surface area contributed by atoms with Crippen LogP contribution >= 0.6 is 0 Å². The first kappa shape index (κ1) is 11.2. The van der Waals surface area contributed by atoms with E-state index < -0.39 is 12.7 Å². The monoisotopic (exact) mass is 222 g/mol. The number of nitrogens with one attached hydrogen (secondary N) is 1. The average Bonchev–Trinajstić information content (AvgIpc) is 2.39. The van der Waals surface area contributed by atoms with Crippen molar-refractivity contribution in [2.24, 2.45) is 0 Å². The molecule has 0 saturated carbocycles. The third-order valence-electron chi connectivity index (χ3n) is 3.69. The Hall–Kier alpha value is -0.290. The van der Waals surface area contributed by atoms with Crippen molar-refractivity contribution in [1.82, 2.24) is 10.2 Å². The van der Waals surface area contributed by atoms with Crippen LogP contribution in [0, 0.1) is 0 Å². The molecular formula is C10H17F3N2. The van der Waals surface area contributed by atoms with Gasteiger partial charge in [0.05, 0.1) is 6.54 Å². The highest BCUT2D eigenvalue weighted by Gasteiger charge is 2.39. The second-order valence-corrected chi connectivity index (χ2v) is 4.71. The van der Waals surface area contributed by atoms with Gasteiger partial charge in [0.25, 0.3) is 0 Å². The molecule has 0 amide bonds. The quantitative estimate of drug-likeness (QED) is 0.766. The van der Waals surface area contributed by atoms with Gasteiger partial charge in [-0.1, -0.05) is 0 Å². The molecule has 5 heteroatoms. The van der Waals surface area contributed by atoms with E-state index in [0.717, 1.165) is 25.7 Å². The molecule has 2 bridgehead atoms. The third-order valence-corrected chi connectivity index (χ3v) is 3.69. The van der Waals surface area contributed by atoms with Crippen LogP contribution in [0.4, 0.5) is 13.2 Å². The lowest BCUT2D eigenvalue weighted by molar-refractivity contribution is -0.127. The molecule has 1 N–H and O–H groups in total. The predicted molar refractivity (Wildman–Crippen MR) is 51.7 cm³/mol. The van der Waals surface area contributed by atoms with E-state index in [1.807, 2.05) is 0 Å². The first-order valence-corrected chi connectivity index (χ1v) is 5.48. The summed E-state index contributed by atoms with van der Waals surface area (Å²) in [5.41, 5.74) is 0. The first-order chi connectivity index (χ1) is 6.96. The maximum atomic E-state index is 12.0. The van der Waals surface area contributed by atoms with Crippen molar-refractivity contribution in [1.29, 1.82) is 0 Å². The number of alkyl halides is 3. The summed E-state index contributed by atoms with van der Waals surface area (Å²) >= 11 is 0. The highest BCUT2D eigenvalue weighted by molar-refractivity contribution is 4.96. The van der Waals surface area contributed by atoms with Gasteiger partial charge in [0.2, 0.25) is 0 Å². The maximum absolute atomic E-state index is 12.0. The Balaban J connectivity index is 1.82. The topological polar surface area (TPSA) is 15.3 Å². The molecule has 0 aliphatic carbocycles. The summed E-state index contributed by atoms with van der Waals surface area (Å²) < 4.78 is 36.1. The number of hydrogen-bond acceptors (Lipinski definition) is 2. The molecule has 15 heavy (non-hydrogen) atoms. The van der Waals surface area contributed by atoms with Gasteiger partial charge in [0, 0.05) is 18.1 Å². The van der Waals surface area contributed by atoms with Crippen LogP contribution < -0.4 is 5.32 Å². The summed E-state index contributed by atoms with van der Waals surface area (Å²) in [5.74, 6) is 0. The smallest absolute Gasteiger partial charge is 0.306 e. The van der Waals surface area contributed by atoms with E-state index in [9.17, 15) is 13.2 Å². The molecule has 0 aromatic rings. The molecule has 2 nitrogen and oxygen atoms in total. The molecule has 2 aliphatic heterocycles. The largest absolute Gasteiger partial charge is 0.401 e. The van der Waals surface area contributed by atoms with E-state index in [1.165, 1.54) is 0 Å². The van der Waals surface area contributed by atoms with Gasteiger partial charge in [-0.25, -0.2) is 0 Å². The van der Waals surface area contributed by atoms with Gasteiger partial charge >= 0.3 is 6.18 Å². The molecule has 2 aliphatic rings. The van der Waals surface area contributed by atoms with E-state index in [1.54, 1.807) is 0 Å². The minimum Gasteiger partial charge on any atom is -0.306 e. The predicted octanol–water partition coefficient (Wildman–Crippen LogP) is 1.76. The van der Waals surface area contributed by atoms with Crippen LogP contribution in [-0.2, 0) is 0 Å².